The highest BCUT2D eigenvalue weighted by atomic mass is 35.5. The lowest BCUT2D eigenvalue weighted by atomic mass is 10.1. The average Bonchev–Trinajstić information content (AvgIpc) is 2.68. The number of nitriles is 1. The average molecular weight is 417 g/mol. The minimum Gasteiger partial charge on any atom is -0.337 e. The Bertz CT molecular complexity index is 1210. The zero-order valence-corrected chi connectivity index (χ0v) is 15.9. The normalized spacial score (nSPS) is 11.8. The molecule has 1 atom stereocenters. The monoisotopic (exact) mass is 416 g/mol. The summed E-state index contributed by atoms with van der Waals surface area (Å²) in [7, 11) is 0. The predicted octanol–water partition coefficient (Wildman–Crippen LogP) is 2.77. The molecule has 7 nitrogen and oxygen atoms in total. The molecule has 0 radical (unpaired) electrons. The van der Waals surface area contributed by atoms with Gasteiger partial charge in [-0.2, -0.15) is 5.26 Å². The Balaban J connectivity index is 1.79. The first-order chi connectivity index (χ1) is 13.4. The Hall–Kier alpha value is -3.08. The van der Waals surface area contributed by atoms with Gasteiger partial charge in [0.1, 0.15) is 6.04 Å². The lowest BCUT2D eigenvalue weighted by molar-refractivity contribution is -0.121. The lowest BCUT2D eigenvalue weighted by Crippen LogP contribution is -2.33. The van der Waals surface area contributed by atoms with E-state index >= 15 is 0 Å². The molecular formula is C19H14Cl2N4O3. The summed E-state index contributed by atoms with van der Waals surface area (Å²) in [6.07, 6.45) is -0.0771. The van der Waals surface area contributed by atoms with Crippen LogP contribution < -0.4 is 16.6 Å². The Morgan fingerprint density at radius 2 is 1.93 bits per heavy atom. The molecule has 0 saturated carbocycles. The molecular weight excluding hydrogens is 403 g/mol. The number of aromatic nitrogens is 2. The van der Waals surface area contributed by atoms with Crippen molar-refractivity contribution in [3.8, 4) is 6.07 Å². The number of fused-ring (bicyclic) bond motifs is 1. The first-order valence-corrected chi connectivity index (χ1v) is 9.02. The summed E-state index contributed by atoms with van der Waals surface area (Å²) in [5.74, 6) is -0.454. The molecule has 0 saturated heterocycles. The van der Waals surface area contributed by atoms with Crippen molar-refractivity contribution >= 4 is 40.0 Å². The van der Waals surface area contributed by atoms with Gasteiger partial charge in [0, 0.05) is 18.5 Å². The fraction of sp³-hybridized carbons (Fsp3) is 0.158. The SMILES string of the molecule is N#CC(NC(=O)CCn1c(=O)[nH]c(=O)c2ccccc21)c1cccc(Cl)c1Cl. The summed E-state index contributed by atoms with van der Waals surface area (Å²) in [6, 6.07) is 12.4. The zero-order valence-electron chi connectivity index (χ0n) is 14.4. The van der Waals surface area contributed by atoms with E-state index in [9.17, 15) is 19.6 Å². The van der Waals surface area contributed by atoms with Gasteiger partial charge in [-0.3, -0.25) is 19.1 Å². The van der Waals surface area contributed by atoms with Crippen LogP contribution in [0, 0.1) is 11.3 Å². The van der Waals surface area contributed by atoms with E-state index in [1.165, 1.54) is 4.57 Å². The van der Waals surface area contributed by atoms with E-state index in [2.05, 4.69) is 10.3 Å². The van der Waals surface area contributed by atoms with Crippen LogP contribution in [0.4, 0.5) is 0 Å². The van der Waals surface area contributed by atoms with Gasteiger partial charge in [0.05, 0.1) is 27.0 Å². The number of hydrogen-bond acceptors (Lipinski definition) is 4. The van der Waals surface area contributed by atoms with Crippen molar-refractivity contribution in [1.29, 1.82) is 5.26 Å². The van der Waals surface area contributed by atoms with Gasteiger partial charge in [-0.1, -0.05) is 47.5 Å². The molecule has 1 heterocycles. The number of para-hydroxylation sites is 1. The number of carbonyl (C=O) groups excluding carboxylic acids is 1. The number of aromatic amines is 1. The number of H-pyrrole nitrogens is 1. The lowest BCUT2D eigenvalue weighted by Gasteiger charge is -2.15. The van der Waals surface area contributed by atoms with Gasteiger partial charge in [0.25, 0.3) is 5.56 Å². The molecule has 0 aliphatic carbocycles. The van der Waals surface area contributed by atoms with Crippen LogP contribution in [0.2, 0.25) is 10.0 Å². The molecule has 2 aromatic carbocycles. The molecule has 0 aliphatic rings. The number of carbonyl (C=O) groups is 1. The highest BCUT2D eigenvalue weighted by Gasteiger charge is 2.18. The maximum atomic E-state index is 12.3. The summed E-state index contributed by atoms with van der Waals surface area (Å²) in [5, 5.41) is 12.8. The van der Waals surface area contributed by atoms with E-state index in [1.807, 2.05) is 6.07 Å². The highest BCUT2D eigenvalue weighted by Crippen LogP contribution is 2.29. The van der Waals surface area contributed by atoms with Crippen molar-refractivity contribution < 1.29 is 4.79 Å². The second-order valence-electron chi connectivity index (χ2n) is 5.95. The topological polar surface area (TPSA) is 108 Å². The van der Waals surface area contributed by atoms with Crippen LogP contribution >= 0.6 is 23.2 Å². The number of amides is 1. The quantitative estimate of drug-likeness (QED) is 0.666. The molecule has 0 bridgehead atoms. The van der Waals surface area contributed by atoms with E-state index in [0.29, 0.717) is 16.5 Å². The molecule has 3 aromatic rings. The predicted molar refractivity (Wildman–Crippen MR) is 106 cm³/mol. The number of aryl methyl sites for hydroxylation is 1. The van der Waals surface area contributed by atoms with Gasteiger partial charge in [-0.15, -0.1) is 0 Å². The second-order valence-corrected chi connectivity index (χ2v) is 6.74. The number of nitrogens with one attached hydrogen (secondary N) is 2. The van der Waals surface area contributed by atoms with Gasteiger partial charge in [0.2, 0.25) is 5.91 Å². The summed E-state index contributed by atoms with van der Waals surface area (Å²) in [6.45, 7) is 0.0311. The van der Waals surface area contributed by atoms with Crippen molar-refractivity contribution in [2.24, 2.45) is 0 Å². The Morgan fingerprint density at radius 3 is 2.68 bits per heavy atom. The van der Waals surface area contributed by atoms with Crippen molar-refractivity contribution in [2.45, 2.75) is 19.0 Å². The van der Waals surface area contributed by atoms with Crippen molar-refractivity contribution in [2.75, 3.05) is 0 Å². The number of hydrogen-bond donors (Lipinski definition) is 2. The van der Waals surface area contributed by atoms with Crippen LogP contribution in [0.1, 0.15) is 18.0 Å². The molecule has 1 aromatic heterocycles. The van der Waals surface area contributed by atoms with E-state index in [1.54, 1.807) is 42.5 Å². The smallest absolute Gasteiger partial charge is 0.328 e. The standard InChI is InChI=1S/C19H14Cl2N4O3/c20-13-6-3-5-11(17(13)21)14(10-22)23-16(26)8-9-25-15-7-2-1-4-12(15)18(27)24-19(25)28/h1-7,14H,8-9H2,(H,23,26)(H,24,27,28). The van der Waals surface area contributed by atoms with E-state index in [0.717, 1.165) is 0 Å². The zero-order chi connectivity index (χ0) is 20.3. The number of rotatable bonds is 5. The Kier molecular flexibility index (Phi) is 5.83. The molecule has 0 fully saturated rings. The highest BCUT2D eigenvalue weighted by molar-refractivity contribution is 6.42. The minimum absolute atomic E-state index is 0.0311. The maximum absolute atomic E-state index is 12.3. The summed E-state index contributed by atoms with van der Waals surface area (Å²) >= 11 is 12.1. The maximum Gasteiger partial charge on any atom is 0.328 e. The molecule has 0 spiro atoms. The van der Waals surface area contributed by atoms with Crippen LogP contribution in [0.25, 0.3) is 10.9 Å². The largest absolute Gasteiger partial charge is 0.337 e. The molecule has 1 amide bonds. The van der Waals surface area contributed by atoms with E-state index in [-0.39, 0.29) is 23.0 Å². The fourth-order valence-electron chi connectivity index (χ4n) is 2.83. The summed E-state index contributed by atoms with van der Waals surface area (Å²) in [5.41, 5.74) is -0.275. The summed E-state index contributed by atoms with van der Waals surface area (Å²) < 4.78 is 1.31. The van der Waals surface area contributed by atoms with Gasteiger partial charge in [-0.05, 0) is 18.2 Å². The molecule has 142 valence electrons. The van der Waals surface area contributed by atoms with Crippen molar-refractivity contribution in [3.05, 3.63) is 78.9 Å². The van der Waals surface area contributed by atoms with Crippen LogP contribution in [-0.2, 0) is 11.3 Å². The van der Waals surface area contributed by atoms with Gasteiger partial charge in [0.15, 0.2) is 0 Å². The third kappa shape index (κ3) is 3.93. The fourth-order valence-corrected chi connectivity index (χ4v) is 3.25. The van der Waals surface area contributed by atoms with Crippen LogP contribution in [0.3, 0.4) is 0 Å². The van der Waals surface area contributed by atoms with E-state index < -0.39 is 23.2 Å². The van der Waals surface area contributed by atoms with Crippen LogP contribution in [-0.4, -0.2) is 15.5 Å². The molecule has 1 unspecified atom stereocenters. The van der Waals surface area contributed by atoms with Gasteiger partial charge >= 0.3 is 5.69 Å². The number of nitrogens with zero attached hydrogens (tertiary/aromatic N) is 2. The van der Waals surface area contributed by atoms with E-state index in [4.69, 9.17) is 23.2 Å². The Labute approximate surface area is 169 Å². The second kappa shape index (κ2) is 8.30. The first kappa shape index (κ1) is 19.7. The third-order valence-electron chi connectivity index (χ3n) is 4.19. The van der Waals surface area contributed by atoms with Crippen LogP contribution in [0.15, 0.2) is 52.1 Å². The summed E-state index contributed by atoms with van der Waals surface area (Å²) in [4.78, 5) is 38.6. The minimum atomic E-state index is -0.984. The van der Waals surface area contributed by atoms with Crippen molar-refractivity contribution in [1.82, 2.24) is 14.9 Å². The van der Waals surface area contributed by atoms with Crippen LogP contribution in [0.5, 0.6) is 0 Å². The molecule has 0 aliphatic heterocycles. The third-order valence-corrected chi connectivity index (χ3v) is 5.03. The molecule has 9 heteroatoms. The first-order valence-electron chi connectivity index (χ1n) is 8.27. The van der Waals surface area contributed by atoms with Gasteiger partial charge < -0.3 is 5.32 Å². The molecule has 3 rings (SSSR count). The Morgan fingerprint density at radius 1 is 1.18 bits per heavy atom. The number of halogens is 2. The molecule has 2 N–H and O–H groups in total. The van der Waals surface area contributed by atoms with Gasteiger partial charge in [-0.25, -0.2) is 4.79 Å². The van der Waals surface area contributed by atoms with Crippen molar-refractivity contribution in [3.63, 3.8) is 0 Å². The number of benzene rings is 2. The molecule has 28 heavy (non-hydrogen) atoms.